The predicted molar refractivity (Wildman–Crippen MR) is 59.2 cm³/mol. The van der Waals surface area contributed by atoms with Crippen molar-refractivity contribution in [2.24, 2.45) is 0 Å². The second-order valence-corrected chi connectivity index (χ2v) is 4.73. The van der Waals surface area contributed by atoms with Gasteiger partial charge in [-0.15, -0.1) is 0 Å². The molecule has 1 aliphatic rings. The van der Waals surface area contributed by atoms with Gasteiger partial charge < -0.3 is 4.74 Å². The summed E-state index contributed by atoms with van der Waals surface area (Å²) in [5.74, 6) is 0.171. The van der Waals surface area contributed by atoms with Gasteiger partial charge in [-0.2, -0.15) is 13.2 Å². The van der Waals surface area contributed by atoms with Crippen LogP contribution in [0.15, 0.2) is 18.2 Å². The van der Waals surface area contributed by atoms with Crippen molar-refractivity contribution in [3.63, 3.8) is 0 Å². The average molecular weight is 244 g/mol. The smallest absolute Gasteiger partial charge is 0.419 e. The van der Waals surface area contributed by atoms with E-state index in [1.165, 1.54) is 12.1 Å². The molecule has 1 aliphatic carbocycles. The summed E-state index contributed by atoms with van der Waals surface area (Å²) in [4.78, 5) is 0. The first-order valence-corrected chi connectivity index (χ1v) is 5.75. The van der Waals surface area contributed by atoms with Crippen molar-refractivity contribution in [2.45, 2.75) is 44.9 Å². The van der Waals surface area contributed by atoms with Crippen molar-refractivity contribution in [2.75, 3.05) is 0 Å². The van der Waals surface area contributed by atoms with Crippen molar-refractivity contribution in [3.8, 4) is 5.75 Å². The second kappa shape index (κ2) is 4.24. The van der Waals surface area contributed by atoms with E-state index in [1.807, 2.05) is 13.8 Å². The summed E-state index contributed by atoms with van der Waals surface area (Å²) < 4.78 is 43.7. The fourth-order valence-corrected chi connectivity index (χ4v) is 1.60. The Bertz CT molecular complexity index is 406. The van der Waals surface area contributed by atoms with E-state index in [0.717, 1.165) is 24.5 Å². The van der Waals surface area contributed by atoms with E-state index in [2.05, 4.69) is 0 Å². The molecule has 0 saturated heterocycles. The number of halogens is 3. The van der Waals surface area contributed by atoms with Crippen LogP contribution in [0.1, 0.15) is 43.7 Å². The van der Waals surface area contributed by atoms with E-state index in [9.17, 15) is 13.2 Å². The summed E-state index contributed by atoms with van der Waals surface area (Å²) in [5, 5.41) is 0. The molecule has 1 nitrogen and oxygen atoms in total. The van der Waals surface area contributed by atoms with Gasteiger partial charge in [0.2, 0.25) is 0 Å². The van der Waals surface area contributed by atoms with Gasteiger partial charge in [0, 0.05) is 0 Å². The van der Waals surface area contributed by atoms with E-state index in [4.69, 9.17) is 4.74 Å². The Morgan fingerprint density at radius 3 is 2.35 bits per heavy atom. The van der Waals surface area contributed by atoms with E-state index in [1.54, 1.807) is 0 Å². The molecule has 0 unspecified atom stereocenters. The summed E-state index contributed by atoms with van der Waals surface area (Å²) in [6, 6.07) is 4.16. The first kappa shape index (κ1) is 12.3. The molecule has 0 aliphatic heterocycles. The molecular weight excluding hydrogens is 229 g/mol. The molecule has 0 spiro atoms. The molecule has 17 heavy (non-hydrogen) atoms. The third kappa shape index (κ3) is 2.93. The van der Waals surface area contributed by atoms with Crippen molar-refractivity contribution in [3.05, 3.63) is 29.3 Å². The highest BCUT2D eigenvalue weighted by atomic mass is 19.4. The van der Waals surface area contributed by atoms with Crippen LogP contribution in [0.2, 0.25) is 0 Å². The van der Waals surface area contributed by atoms with Crippen molar-refractivity contribution >= 4 is 0 Å². The Morgan fingerprint density at radius 2 is 1.88 bits per heavy atom. The minimum atomic E-state index is -4.35. The molecule has 0 aromatic heterocycles. The number of alkyl halides is 3. The van der Waals surface area contributed by atoms with Crippen molar-refractivity contribution < 1.29 is 17.9 Å². The largest absolute Gasteiger partial charge is 0.490 e. The highest BCUT2D eigenvalue weighted by Gasteiger charge is 2.36. The number of ether oxygens (including phenoxy) is 1. The van der Waals surface area contributed by atoms with Crippen LogP contribution in [-0.2, 0) is 6.18 Å². The quantitative estimate of drug-likeness (QED) is 0.767. The fraction of sp³-hybridized carbons (Fsp3) is 0.538. The van der Waals surface area contributed by atoms with Gasteiger partial charge in [0.25, 0.3) is 0 Å². The van der Waals surface area contributed by atoms with Crippen LogP contribution in [0.25, 0.3) is 0 Å². The highest BCUT2D eigenvalue weighted by Crippen LogP contribution is 2.40. The van der Waals surface area contributed by atoms with Crippen LogP contribution < -0.4 is 4.74 Å². The molecule has 1 aromatic rings. The Morgan fingerprint density at radius 1 is 1.24 bits per heavy atom. The molecule has 1 aromatic carbocycles. The third-order valence-electron chi connectivity index (χ3n) is 2.80. The lowest BCUT2D eigenvalue weighted by Gasteiger charge is -2.16. The lowest BCUT2D eigenvalue weighted by molar-refractivity contribution is -0.139. The van der Waals surface area contributed by atoms with Gasteiger partial charge >= 0.3 is 6.18 Å². The lowest BCUT2D eigenvalue weighted by atomic mass is 10.0. The van der Waals surface area contributed by atoms with Gasteiger partial charge in [-0.3, -0.25) is 0 Å². The Kier molecular flexibility index (Phi) is 3.06. The molecule has 0 N–H and O–H groups in total. The van der Waals surface area contributed by atoms with Gasteiger partial charge in [-0.25, -0.2) is 0 Å². The SMILES string of the molecule is CC(C)c1ccc(C(F)(F)F)c(OC2CC2)c1. The lowest BCUT2D eigenvalue weighted by Crippen LogP contribution is -2.10. The molecular formula is C13H15F3O. The predicted octanol–water partition coefficient (Wildman–Crippen LogP) is 4.37. The molecule has 0 bridgehead atoms. The molecule has 0 heterocycles. The summed E-state index contributed by atoms with van der Waals surface area (Å²) in [7, 11) is 0. The zero-order valence-corrected chi connectivity index (χ0v) is 9.84. The van der Waals surface area contributed by atoms with Crippen LogP contribution in [0, 0.1) is 0 Å². The van der Waals surface area contributed by atoms with Crippen molar-refractivity contribution in [1.29, 1.82) is 0 Å². The number of hydrogen-bond acceptors (Lipinski definition) is 1. The number of hydrogen-bond donors (Lipinski definition) is 0. The maximum atomic E-state index is 12.8. The maximum absolute atomic E-state index is 12.8. The van der Waals surface area contributed by atoms with E-state index < -0.39 is 11.7 Å². The Hall–Kier alpha value is -1.19. The molecule has 0 atom stereocenters. The van der Waals surface area contributed by atoms with Crippen LogP contribution >= 0.6 is 0 Å². The fourth-order valence-electron chi connectivity index (χ4n) is 1.60. The Balaban J connectivity index is 2.36. The van der Waals surface area contributed by atoms with Gasteiger partial charge in [-0.1, -0.05) is 19.9 Å². The topological polar surface area (TPSA) is 9.23 Å². The maximum Gasteiger partial charge on any atom is 0.419 e. The number of rotatable bonds is 3. The third-order valence-corrected chi connectivity index (χ3v) is 2.80. The van der Waals surface area contributed by atoms with E-state index in [-0.39, 0.29) is 17.8 Å². The van der Waals surface area contributed by atoms with E-state index in [0.29, 0.717) is 0 Å². The molecule has 1 saturated carbocycles. The molecule has 94 valence electrons. The van der Waals surface area contributed by atoms with Gasteiger partial charge in [0.05, 0.1) is 11.7 Å². The summed E-state index contributed by atoms with van der Waals surface area (Å²) in [6.45, 7) is 3.90. The molecule has 0 amide bonds. The molecule has 0 radical (unpaired) electrons. The minimum absolute atomic E-state index is 0.0220. The zero-order valence-electron chi connectivity index (χ0n) is 9.84. The highest BCUT2D eigenvalue weighted by molar-refractivity contribution is 5.40. The minimum Gasteiger partial charge on any atom is -0.490 e. The van der Waals surface area contributed by atoms with Crippen LogP contribution in [0.5, 0.6) is 5.75 Å². The molecule has 2 rings (SSSR count). The zero-order chi connectivity index (χ0) is 12.6. The first-order chi connectivity index (χ1) is 7.88. The van der Waals surface area contributed by atoms with Crippen molar-refractivity contribution in [1.82, 2.24) is 0 Å². The summed E-state index contributed by atoms with van der Waals surface area (Å²) in [5.41, 5.74) is 0.197. The molecule has 1 fully saturated rings. The molecule has 4 heteroatoms. The Labute approximate surface area is 98.6 Å². The van der Waals surface area contributed by atoms with Gasteiger partial charge in [0.15, 0.2) is 0 Å². The van der Waals surface area contributed by atoms with Gasteiger partial charge in [-0.05, 0) is 36.5 Å². The summed E-state index contributed by atoms with van der Waals surface area (Å²) >= 11 is 0. The average Bonchev–Trinajstić information content (AvgIpc) is 2.99. The van der Waals surface area contributed by atoms with Crippen LogP contribution in [0.4, 0.5) is 13.2 Å². The van der Waals surface area contributed by atoms with Crippen LogP contribution in [-0.4, -0.2) is 6.10 Å². The van der Waals surface area contributed by atoms with Crippen LogP contribution in [0.3, 0.4) is 0 Å². The monoisotopic (exact) mass is 244 g/mol. The second-order valence-electron chi connectivity index (χ2n) is 4.73. The number of benzene rings is 1. The summed E-state index contributed by atoms with van der Waals surface area (Å²) in [6.07, 6.45) is -2.68. The van der Waals surface area contributed by atoms with Gasteiger partial charge in [0.1, 0.15) is 5.75 Å². The van der Waals surface area contributed by atoms with E-state index >= 15 is 0 Å². The first-order valence-electron chi connectivity index (χ1n) is 5.75. The standard InChI is InChI=1S/C13H15F3O/c1-8(2)9-3-6-11(13(14,15)16)12(7-9)17-10-4-5-10/h3,6-8,10H,4-5H2,1-2H3. The normalized spacial score (nSPS) is 16.4.